The van der Waals surface area contributed by atoms with Gasteiger partial charge in [-0.2, -0.15) is 0 Å². The van der Waals surface area contributed by atoms with Crippen molar-refractivity contribution >= 4 is 5.97 Å². The summed E-state index contributed by atoms with van der Waals surface area (Å²) in [7, 11) is 2.98. The van der Waals surface area contributed by atoms with Gasteiger partial charge in [-0.1, -0.05) is 0 Å². The first-order valence-electron chi connectivity index (χ1n) is 5.91. The molecule has 0 spiro atoms. The molecule has 4 heteroatoms. The number of esters is 1. The van der Waals surface area contributed by atoms with E-state index in [1.165, 1.54) is 7.11 Å². The number of furan rings is 1. The van der Waals surface area contributed by atoms with Crippen LogP contribution in [0.4, 0.5) is 0 Å². The molecular weight excluding hydrogens is 244 g/mol. The number of aryl methyl sites for hydroxylation is 1. The summed E-state index contributed by atoms with van der Waals surface area (Å²) in [6.07, 6.45) is 0. The summed E-state index contributed by atoms with van der Waals surface area (Å²) in [6, 6.07) is 7.49. The van der Waals surface area contributed by atoms with Gasteiger partial charge in [-0.15, -0.1) is 0 Å². The number of rotatable bonds is 3. The highest BCUT2D eigenvalue weighted by Crippen LogP contribution is 2.32. The van der Waals surface area contributed by atoms with Crippen molar-refractivity contribution in [2.45, 2.75) is 13.8 Å². The first-order chi connectivity index (χ1) is 9.08. The topological polar surface area (TPSA) is 48.7 Å². The zero-order valence-corrected chi connectivity index (χ0v) is 11.4. The Morgan fingerprint density at radius 2 is 1.74 bits per heavy atom. The van der Waals surface area contributed by atoms with E-state index in [-0.39, 0.29) is 5.97 Å². The smallest absolute Gasteiger partial charge is 0.341 e. The molecule has 19 heavy (non-hydrogen) atoms. The minimum atomic E-state index is -0.376. The molecular formula is C15H16O4. The van der Waals surface area contributed by atoms with Crippen molar-refractivity contribution in [1.82, 2.24) is 0 Å². The second-order valence-corrected chi connectivity index (χ2v) is 4.21. The Kier molecular flexibility index (Phi) is 3.60. The Labute approximate surface area is 111 Å². The molecule has 0 fully saturated rings. The van der Waals surface area contributed by atoms with Crippen LogP contribution in [0.2, 0.25) is 0 Å². The molecule has 100 valence electrons. The molecule has 0 saturated heterocycles. The van der Waals surface area contributed by atoms with Crippen LogP contribution in [0.1, 0.15) is 21.7 Å². The predicted molar refractivity (Wildman–Crippen MR) is 71.5 cm³/mol. The predicted octanol–water partition coefficient (Wildman–Crippen LogP) is 3.36. The Morgan fingerprint density at radius 1 is 1.11 bits per heavy atom. The second kappa shape index (κ2) is 5.18. The number of carbonyl (C=O) groups is 1. The van der Waals surface area contributed by atoms with E-state index in [9.17, 15) is 4.79 Å². The zero-order chi connectivity index (χ0) is 14.0. The summed E-state index contributed by atoms with van der Waals surface area (Å²) in [5, 5.41) is 0. The van der Waals surface area contributed by atoms with Gasteiger partial charge in [-0.25, -0.2) is 4.79 Å². The van der Waals surface area contributed by atoms with Crippen LogP contribution in [0.3, 0.4) is 0 Å². The molecule has 2 rings (SSSR count). The Morgan fingerprint density at radius 3 is 2.26 bits per heavy atom. The Bertz CT molecular complexity index is 593. The molecule has 0 N–H and O–H groups in total. The molecule has 0 unspecified atom stereocenters. The normalized spacial score (nSPS) is 10.3. The van der Waals surface area contributed by atoms with Crippen LogP contribution in [-0.4, -0.2) is 20.2 Å². The SMILES string of the molecule is COC(=O)c1c(C)oc(-c2ccc(OC)cc2)c1C. The van der Waals surface area contributed by atoms with Crippen molar-refractivity contribution in [2.75, 3.05) is 14.2 Å². The average molecular weight is 260 g/mol. The van der Waals surface area contributed by atoms with E-state index in [1.807, 2.05) is 31.2 Å². The van der Waals surface area contributed by atoms with Gasteiger partial charge in [0.2, 0.25) is 0 Å². The van der Waals surface area contributed by atoms with Crippen molar-refractivity contribution in [3.63, 3.8) is 0 Å². The van der Waals surface area contributed by atoms with Crippen LogP contribution in [-0.2, 0) is 4.74 Å². The molecule has 0 saturated carbocycles. The van der Waals surface area contributed by atoms with Crippen LogP contribution in [0.5, 0.6) is 5.75 Å². The van der Waals surface area contributed by atoms with Gasteiger partial charge in [0, 0.05) is 11.1 Å². The molecule has 1 aromatic carbocycles. The number of benzene rings is 1. The summed E-state index contributed by atoms with van der Waals surface area (Å²) in [4.78, 5) is 11.7. The van der Waals surface area contributed by atoms with E-state index in [0.29, 0.717) is 17.1 Å². The third kappa shape index (κ3) is 2.34. The molecule has 0 bridgehead atoms. The van der Waals surface area contributed by atoms with Gasteiger partial charge in [0.05, 0.1) is 14.2 Å². The number of carbonyl (C=O) groups excluding carboxylic acids is 1. The van der Waals surface area contributed by atoms with E-state index in [0.717, 1.165) is 16.9 Å². The van der Waals surface area contributed by atoms with Crippen LogP contribution in [0.25, 0.3) is 11.3 Å². The standard InChI is InChI=1S/C15H16O4/c1-9-13(15(16)18-4)10(2)19-14(9)11-5-7-12(17-3)8-6-11/h5-8H,1-4H3. The highest BCUT2D eigenvalue weighted by molar-refractivity contribution is 5.94. The van der Waals surface area contributed by atoms with Gasteiger partial charge in [0.25, 0.3) is 0 Å². The summed E-state index contributed by atoms with van der Waals surface area (Å²) >= 11 is 0. The lowest BCUT2D eigenvalue weighted by Crippen LogP contribution is -2.03. The van der Waals surface area contributed by atoms with Crippen molar-refractivity contribution in [3.8, 4) is 17.1 Å². The van der Waals surface area contributed by atoms with Crippen LogP contribution >= 0.6 is 0 Å². The van der Waals surface area contributed by atoms with Crippen LogP contribution in [0.15, 0.2) is 28.7 Å². The fourth-order valence-corrected chi connectivity index (χ4v) is 2.07. The molecule has 0 atom stereocenters. The number of ether oxygens (including phenoxy) is 2. The van der Waals surface area contributed by atoms with Gasteiger partial charge >= 0.3 is 5.97 Å². The third-order valence-corrected chi connectivity index (χ3v) is 3.06. The Hall–Kier alpha value is -2.23. The largest absolute Gasteiger partial charge is 0.497 e. The lowest BCUT2D eigenvalue weighted by molar-refractivity contribution is 0.0598. The van der Waals surface area contributed by atoms with Crippen molar-refractivity contribution in [2.24, 2.45) is 0 Å². The summed E-state index contributed by atoms with van der Waals surface area (Å²) in [5.74, 6) is 1.65. The summed E-state index contributed by atoms with van der Waals surface area (Å²) < 4.78 is 15.6. The quantitative estimate of drug-likeness (QED) is 0.794. The van der Waals surface area contributed by atoms with Crippen molar-refractivity contribution < 1.29 is 18.7 Å². The number of hydrogen-bond acceptors (Lipinski definition) is 4. The van der Waals surface area contributed by atoms with E-state index in [2.05, 4.69) is 0 Å². The first kappa shape index (κ1) is 13.2. The molecule has 1 aromatic heterocycles. The maximum Gasteiger partial charge on any atom is 0.341 e. The molecule has 0 radical (unpaired) electrons. The molecule has 0 aliphatic heterocycles. The minimum absolute atomic E-state index is 0.376. The molecule has 2 aromatic rings. The number of methoxy groups -OCH3 is 2. The van der Waals surface area contributed by atoms with Gasteiger partial charge < -0.3 is 13.9 Å². The fourth-order valence-electron chi connectivity index (χ4n) is 2.07. The third-order valence-electron chi connectivity index (χ3n) is 3.06. The van der Waals surface area contributed by atoms with E-state index >= 15 is 0 Å². The van der Waals surface area contributed by atoms with Crippen molar-refractivity contribution in [1.29, 1.82) is 0 Å². The maximum absolute atomic E-state index is 11.7. The first-order valence-corrected chi connectivity index (χ1v) is 5.91. The Balaban J connectivity index is 2.48. The van der Waals surface area contributed by atoms with Gasteiger partial charge in [-0.05, 0) is 38.1 Å². The van der Waals surface area contributed by atoms with E-state index < -0.39 is 0 Å². The van der Waals surface area contributed by atoms with Gasteiger partial charge in [0.15, 0.2) is 0 Å². The summed E-state index contributed by atoms with van der Waals surface area (Å²) in [5.41, 5.74) is 2.18. The van der Waals surface area contributed by atoms with E-state index in [1.54, 1.807) is 14.0 Å². The average Bonchev–Trinajstić information content (AvgIpc) is 2.73. The number of hydrogen-bond donors (Lipinski definition) is 0. The van der Waals surface area contributed by atoms with Crippen LogP contribution < -0.4 is 4.74 Å². The lowest BCUT2D eigenvalue weighted by atomic mass is 10.1. The fraction of sp³-hybridized carbons (Fsp3) is 0.267. The van der Waals surface area contributed by atoms with E-state index in [4.69, 9.17) is 13.9 Å². The second-order valence-electron chi connectivity index (χ2n) is 4.21. The maximum atomic E-state index is 11.7. The minimum Gasteiger partial charge on any atom is -0.497 e. The lowest BCUT2D eigenvalue weighted by Gasteiger charge is -2.02. The molecule has 0 aliphatic rings. The van der Waals surface area contributed by atoms with Crippen molar-refractivity contribution in [3.05, 3.63) is 41.2 Å². The van der Waals surface area contributed by atoms with Gasteiger partial charge in [-0.3, -0.25) is 0 Å². The highest BCUT2D eigenvalue weighted by Gasteiger charge is 2.21. The van der Waals surface area contributed by atoms with Gasteiger partial charge in [0.1, 0.15) is 22.8 Å². The zero-order valence-electron chi connectivity index (χ0n) is 11.4. The highest BCUT2D eigenvalue weighted by atomic mass is 16.5. The molecule has 0 aliphatic carbocycles. The van der Waals surface area contributed by atoms with Crippen LogP contribution in [0, 0.1) is 13.8 Å². The molecule has 4 nitrogen and oxygen atoms in total. The molecule has 1 heterocycles. The molecule has 0 amide bonds. The summed E-state index contributed by atoms with van der Waals surface area (Å²) in [6.45, 7) is 3.61. The monoisotopic (exact) mass is 260 g/mol.